The lowest BCUT2D eigenvalue weighted by atomic mass is 9.92. The van der Waals surface area contributed by atoms with Gasteiger partial charge >= 0.3 is 0 Å². The molecular weight excluding hydrogens is 264 g/mol. The van der Waals surface area contributed by atoms with E-state index >= 15 is 0 Å². The van der Waals surface area contributed by atoms with E-state index < -0.39 is 11.6 Å². The highest BCUT2D eigenvalue weighted by Gasteiger charge is 2.25. The van der Waals surface area contributed by atoms with Gasteiger partial charge < -0.3 is 10.0 Å². The Kier molecular flexibility index (Phi) is 4.70. The smallest absolute Gasteiger partial charge is 0.227 e. The van der Waals surface area contributed by atoms with Crippen LogP contribution < -0.4 is 0 Å². The van der Waals surface area contributed by atoms with Gasteiger partial charge in [-0.3, -0.25) is 4.79 Å². The molecule has 2 rings (SSSR count). The average Bonchev–Trinajstić information content (AvgIpc) is 2.42. The van der Waals surface area contributed by atoms with Crippen LogP contribution in [0, 0.1) is 17.6 Å². The molecule has 1 aliphatic heterocycles. The second kappa shape index (κ2) is 6.31. The van der Waals surface area contributed by atoms with Crippen molar-refractivity contribution < 1.29 is 18.7 Å². The van der Waals surface area contributed by atoms with Gasteiger partial charge in [0.25, 0.3) is 0 Å². The quantitative estimate of drug-likeness (QED) is 0.923. The Morgan fingerprint density at radius 3 is 2.60 bits per heavy atom. The number of rotatable bonds is 3. The van der Waals surface area contributed by atoms with Gasteiger partial charge in [0.15, 0.2) is 0 Å². The molecule has 20 heavy (non-hydrogen) atoms. The Balaban J connectivity index is 1.93. The van der Waals surface area contributed by atoms with Gasteiger partial charge in [-0.2, -0.15) is 0 Å². The second-order valence-electron chi connectivity index (χ2n) is 5.37. The maximum absolute atomic E-state index is 13.5. The number of piperidine rings is 1. The predicted molar refractivity (Wildman–Crippen MR) is 71.0 cm³/mol. The Hall–Kier alpha value is -1.49. The van der Waals surface area contributed by atoms with E-state index in [-0.39, 0.29) is 29.9 Å². The monoisotopic (exact) mass is 283 g/mol. The number of carbonyl (C=O) groups excluding carboxylic acids is 1. The summed E-state index contributed by atoms with van der Waals surface area (Å²) in [6.45, 7) is 2.92. The lowest BCUT2D eigenvalue weighted by Gasteiger charge is -2.33. The summed E-state index contributed by atoms with van der Waals surface area (Å²) in [5.74, 6) is -1.25. The van der Waals surface area contributed by atoms with Crippen molar-refractivity contribution in [1.29, 1.82) is 0 Å². The van der Waals surface area contributed by atoms with Crippen LogP contribution in [0.2, 0.25) is 0 Å². The number of carbonyl (C=O) groups is 1. The van der Waals surface area contributed by atoms with Crippen LogP contribution in [0.25, 0.3) is 0 Å². The molecule has 0 saturated carbocycles. The summed E-state index contributed by atoms with van der Waals surface area (Å²) in [5, 5.41) is 9.51. The maximum atomic E-state index is 13.5. The van der Waals surface area contributed by atoms with Crippen molar-refractivity contribution in [3.05, 3.63) is 35.4 Å². The van der Waals surface area contributed by atoms with Crippen LogP contribution in [0.15, 0.2) is 18.2 Å². The van der Waals surface area contributed by atoms with Gasteiger partial charge in [-0.1, -0.05) is 6.07 Å². The van der Waals surface area contributed by atoms with Crippen LogP contribution in [0.1, 0.15) is 25.3 Å². The molecule has 1 aromatic rings. The maximum Gasteiger partial charge on any atom is 0.227 e. The zero-order valence-electron chi connectivity index (χ0n) is 11.5. The summed E-state index contributed by atoms with van der Waals surface area (Å²) in [4.78, 5) is 13.8. The molecule has 1 amide bonds. The molecule has 1 unspecified atom stereocenters. The number of hydrogen-bond acceptors (Lipinski definition) is 2. The fourth-order valence-corrected chi connectivity index (χ4v) is 2.57. The molecule has 5 heteroatoms. The van der Waals surface area contributed by atoms with Crippen molar-refractivity contribution in [2.75, 3.05) is 13.1 Å². The van der Waals surface area contributed by atoms with Crippen LogP contribution in [0.5, 0.6) is 0 Å². The van der Waals surface area contributed by atoms with E-state index in [2.05, 4.69) is 0 Å². The van der Waals surface area contributed by atoms with Crippen molar-refractivity contribution in [1.82, 2.24) is 4.90 Å². The minimum atomic E-state index is -0.683. The molecule has 1 aliphatic rings. The van der Waals surface area contributed by atoms with Crippen molar-refractivity contribution >= 4 is 5.91 Å². The minimum absolute atomic E-state index is 0.0501. The Morgan fingerprint density at radius 2 is 2.05 bits per heavy atom. The topological polar surface area (TPSA) is 40.5 Å². The van der Waals surface area contributed by atoms with Gasteiger partial charge in [0.1, 0.15) is 11.6 Å². The molecule has 1 fully saturated rings. The van der Waals surface area contributed by atoms with Crippen LogP contribution in [0.3, 0.4) is 0 Å². The van der Waals surface area contributed by atoms with E-state index in [0.717, 1.165) is 25.0 Å². The summed E-state index contributed by atoms with van der Waals surface area (Å²) in [5.41, 5.74) is 0.217. The number of aliphatic hydroxyl groups excluding tert-OH is 1. The summed E-state index contributed by atoms with van der Waals surface area (Å²) < 4.78 is 26.3. The highest BCUT2D eigenvalue weighted by molar-refractivity contribution is 5.78. The van der Waals surface area contributed by atoms with Crippen molar-refractivity contribution in [3.63, 3.8) is 0 Å². The molecule has 1 atom stereocenters. The zero-order chi connectivity index (χ0) is 14.7. The summed E-state index contributed by atoms with van der Waals surface area (Å²) in [6.07, 6.45) is 1.11. The molecule has 1 heterocycles. The predicted octanol–water partition coefficient (Wildman–Crippen LogP) is 2.13. The molecule has 3 nitrogen and oxygen atoms in total. The first-order valence-electron chi connectivity index (χ1n) is 6.87. The van der Waals surface area contributed by atoms with Gasteiger partial charge in [0, 0.05) is 19.2 Å². The van der Waals surface area contributed by atoms with Crippen molar-refractivity contribution in [3.8, 4) is 0 Å². The molecule has 1 aromatic carbocycles. The first-order chi connectivity index (χ1) is 9.47. The first-order valence-corrected chi connectivity index (χ1v) is 6.87. The van der Waals surface area contributed by atoms with E-state index in [1.165, 1.54) is 6.07 Å². The van der Waals surface area contributed by atoms with E-state index in [1.807, 2.05) is 0 Å². The van der Waals surface area contributed by atoms with Crippen molar-refractivity contribution in [2.45, 2.75) is 32.3 Å². The van der Waals surface area contributed by atoms with E-state index in [4.69, 9.17) is 0 Å². The molecule has 0 aromatic heterocycles. The molecule has 0 bridgehead atoms. The van der Waals surface area contributed by atoms with Crippen molar-refractivity contribution in [2.24, 2.45) is 5.92 Å². The zero-order valence-corrected chi connectivity index (χ0v) is 11.5. The largest absolute Gasteiger partial charge is 0.393 e. The van der Waals surface area contributed by atoms with Crippen LogP contribution >= 0.6 is 0 Å². The van der Waals surface area contributed by atoms with Crippen LogP contribution in [0.4, 0.5) is 8.78 Å². The highest BCUT2D eigenvalue weighted by atomic mass is 19.1. The molecule has 0 aliphatic carbocycles. The molecular formula is C15H19F2NO2. The standard InChI is InChI=1S/C15H19F2NO2/c1-10(19)11-4-6-18(7-5-11)15(20)8-12-2-3-13(16)9-14(12)17/h2-3,9-11,19H,4-8H2,1H3. The average molecular weight is 283 g/mol. The molecule has 1 saturated heterocycles. The fourth-order valence-electron chi connectivity index (χ4n) is 2.57. The van der Waals surface area contributed by atoms with Gasteiger partial charge in [-0.25, -0.2) is 8.78 Å². The normalized spacial score (nSPS) is 18.1. The summed E-state index contributed by atoms with van der Waals surface area (Å²) >= 11 is 0. The third kappa shape index (κ3) is 3.54. The molecule has 0 radical (unpaired) electrons. The SMILES string of the molecule is CC(O)C1CCN(C(=O)Cc2ccc(F)cc2F)CC1. The Morgan fingerprint density at radius 1 is 1.40 bits per heavy atom. The first kappa shape index (κ1) is 14.9. The molecule has 110 valence electrons. The number of hydrogen-bond donors (Lipinski definition) is 1. The highest BCUT2D eigenvalue weighted by Crippen LogP contribution is 2.21. The van der Waals surface area contributed by atoms with Crippen LogP contribution in [-0.4, -0.2) is 35.1 Å². The Labute approximate surface area is 117 Å². The second-order valence-corrected chi connectivity index (χ2v) is 5.37. The third-order valence-electron chi connectivity index (χ3n) is 3.93. The van der Waals surface area contributed by atoms with E-state index in [9.17, 15) is 18.7 Å². The summed E-state index contributed by atoms with van der Waals surface area (Å²) in [7, 11) is 0. The number of likely N-dealkylation sites (tertiary alicyclic amines) is 1. The molecule has 0 spiro atoms. The number of nitrogens with zero attached hydrogens (tertiary/aromatic N) is 1. The van der Waals surface area contributed by atoms with Gasteiger partial charge in [0.05, 0.1) is 12.5 Å². The number of amides is 1. The van der Waals surface area contributed by atoms with E-state index in [0.29, 0.717) is 13.1 Å². The number of aliphatic hydroxyl groups is 1. The van der Waals surface area contributed by atoms with Gasteiger partial charge in [0.2, 0.25) is 5.91 Å². The lowest BCUT2D eigenvalue weighted by Crippen LogP contribution is -2.41. The summed E-state index contributed by atoms with van der Waals surface area (Å²) in [6, 6.07) is 3.26. The third-order valence-corrected chi connectivity index (χ3v) is 3.93. The fraction of sp³-hybridized carbons (Fsp3) is 0.533. The lowest BCUT2D eigenvalue weighted by molar-refractivity contribution is -0.132. The van der Waals surface area contributed by atoms with Gasteiger partial charge in [-0.15, -0.1) is 0 Å². The minimum Gasteiger partial charge on any atom is -0.393 e. The van der Waals surface area contributed by atoms with Gasteiger partial charge in [-0.05, 0) is 37.3 Å². The van der Waals surface area contributed by atoms with Crippen LogP contribution in [-0.2, 0) is 11.2 Å². The van der Waals surface area contributed by atoms with E-state index in [1.54, 1.807) is 11.8 Å². The number of benzene rings is 1. The molecule has 1 N–H and O–H groups in total. The number of halogens is 2. The Bertz CT molecular complexity index is 483.